The number of anilines is 1. The molecule has 1 rings (SSSR count). The minimum atomic E-state index is -1.07. The van der Waals surface area contributed by atoms with Crippen LogP contribution in [0.4, 0.5) is 5.69 Å². The molecule has 5 heteroatoms. The first-order valence-electron chi connectivity index (χ1n) is 4.96. The number of hydrogen-bond acceptors (Lipinski definition) is 2. The molecule has 0 aliphatic heterocycles. The number of carbonyl (C=O) groups excluding carboxylic acids is 1. The van der Waals surface area contributed by atoms with Crippen molar-refractivity contribution in [1.29, 1.82) is 5.26 Å². The van der Waals surface area contributed by atoms with E-state index >= 15 is 0 Å². The smallest absolute Gasteiger partial charge is 0.244 e. The highest BCUT2D eigenvalue weighted by Gasteiger charge is 2.27. The van der Waals surface area contributed by atoms with Crippen molar-refractivity contribution in [3.63, 3.8) is 0 Å². The summed E-state index contributed by atoms with van der Waals surface area (Å²) in [5, 5.41) is 12.1. The molecule has 90 valence electrons. The van der Waals surface area contributed by atoms with Gasteiger partial charge in [0.15, 0.2) is 0 Å². The van der Waals surface area contributed by atoms with Crippen LogP contribution in [0, 0.1) is 23.7 Å². The van der Waals surface area contributed by atoms with E-state index in [0.717, 1.165) is 10.0 Å². The third-order valence-electron chi connectivity index (χ3n) is 2.34. The number of amides is 1. The van der Waals surface area contributed by atoms with Crippen LogP contribution in [0.1, 0.15) is 19.4 Å². The van der Waals surface area contributed by atoms with E-state index < -0.39 is 5.41 Å². The van der Waals surface area contributed by atoms with E-state index in [9.17, 15) is 4.79 Å². The minimum absolute atomic E-state index is 0.361. The average molecular weight is 316 g/mol. The van der Waals surface area contributed by atoms with Crippen molar-refractivity contribution in [2.75, 3.05) is 5.32 Å². The topological polar surface area (TPSA) is 52.9 Å². The van der Waals surface area contributed by atoms with Crippen LogP contribution >= 0.6 is 27.5 Å². The zero-order valence-electron chi connectivity index (χ0n) is 9.77. The van der Waals surface area contributed by atoms with Crippen LogP contribution in [0.3, 0.4) is 0 Å². The number of nitrogens with one attached hydrogen (secondary N) is 1. The molecule has 0 unspecified atom stereocenters. The largest absolute Gasteiger partial charge is 0.324 e. The van der Waals surface area contributed by atoms with E-state index in [0.29, 0.717) is 10.7 Å². The summed E-state index contributed by atoms with van der Waals surface area (Å²) in [7, 11) is 0. The Morgan fingerprint density at radius 1 is 1.53 bits per heavy atom. The fraction of sp³-hybridized carbons (Fsp3) is 0.333. The van der Waals surface area contributed by atoms with Crippen molar-refractivity contribution in [3.05, 3.63) is 27.2 Å². The maximum atomic E-state index is 11.8. The van der Waals surface area contributed by atoms with Gasteiger partial charge in [-0.05, 0) is 54.4 Å². The number of nitrogens with zero attached hydrogens (tertiary/aromatic N) is 1. The zero-order chi connectivity index (χ0) is 13.2. The first-order chi connectivity index (χ1) is 7.77. The average Bonchev–Trinajstić information content (AvgIpc) is 2.25. The van der Waals surface area contributed by atoms with Gasteiger partial charge in [0.1, 0.15) is 5.41 Å². The second-order valence-electron chi connectivity index (χ2n) is 4.27. The molecule has 0 radical (unpaired) electrons. The van der Waals surface area contributed by atoms with E-state index in [4.69, 9.17) is 16.9 Å². The molecule has 0 spiro atoms. The van der Waals surface area contributed by atoms with Crippen LogP contribution in [0.5, 0.6) is 0 Å². The molecular weight excluding hydrogens is 304 g/mol. The summed E-state index contributed by atoms with van der Waals surface area (Å²) in [6.07, 6.45) is 0. The van der Waals surface area contributed by atoms with Crippen LogP contribution in [-0.4, -0.2) is 5.91 Å². The predicted octanol–water partition coefficient (Wildman–Crippen LogP) is 3.90. The van der Waals surface area contributed by atoms with Crippen LogP contribution < -0.4 is 5.32 Å². The number of nitriles is 1. The minimum Gasteiger partial charge on any atom is -0.324 e. The molecule has 1 aromatic carbocycles. The van der Waals surface area contributed by atoms with Crippen LogP contribution in [0.2, 0.25) is 5.02 Å². The van der Waals surface area contributed by atoms with Crippen LogP contribution in [-0.2, 0) is 4.79 Å². The molecule has 0 saturated heterocycles. The summed E-state index contributed by atoms with van der Waals surface area (Å²) in [4.78, 5) is 11.8. The summed E-state index contributed by atoms with van der Waals surface area (Å²) in [5.74, 6) is -0.361. The van der Waals surface area contributed by atoms with E-state index in [1.807, 2.05) is 19.1 Å². The fourth-order valence-electron chi connectivity index (χ4n) is 1.07. The molecule has 0 aromatic heterocycles. The number of carbonyl (C=O) groups is 1. The van der Waals surface area contributed by atoms with E-state index in [-0.39, 0.29) is 5.91 Å². The summed E-state index contributed by atoms with van der Waals surface area (Å²) < 4.78 is 0.737. The van der Waals surface area contributed by atoms with Gasteiger partial charge in [-0.15, -0.1) is 0 Å². The molecule has 1 aromatic rings. The highest BCUT2D eigenvalue weighted by Crippen LogP contribution is 2.30. The third kappa shape index (κ3) is 3.21. The summed E-state index contributed by atoms with van der Waals surface area (Å²) in [5.41, 5.74) is 0.404. The lowest BCUT2D eigenvalue weighted by Crippen LogP contribution is -2.29. The highest BCUT2D eigenvalue weighted by molar-refractivity contribution is 9.10. The summed E-state index contributed by atoms with van der Waals surface area (Å²) in [6, 6.07) is 5.42. The van der Waals surface area contributed by atoms with Gasteiger partial charge in [0, 0.05) is 9.50 Å². The predicted molar refractivity (Wildman–Crippen MR) is 71.9 cm³/mol. The lowest BCUT2D eigenvalue weighted by atomic mass is 9.94. The molecular formula is C12H12BrClN2O. The van der Waals surface area contributed by atoms with Crippen molar-refractivity contribution >= 4 is 39.1 Å². The Hall–Kier alpha value is -1.05. The lowest BCUT2D eigenvalue weighted by molar-refractivity contribution is -0.121. The van der Waals surface area contributed by atoms with Gasteiger partial charge in [0.25, 0.3) is 0 Å². The Bertz CT molecular complexity index is 506. The monoisotopic (exact) mass is 314 g/mol. The van der Waals surface area contributed by atoms with Crippen molar-refractivity contribution in [3.8, 4) is 6.07 Å². The molecule has 0 fully saturated rings. The van der Waals surface area contributed by atoms with Crippen LogP contribution in [0.15, 0.2) is 16.6 Å². The number of benzene rings is 1. The van der Waals surface area contributed by atoms with E-state index in [1.54, 1.807) is 19.9 Å². The van der Waals surface area contributed by atoms with Gasteiger partial charge in [-0.1, -0.05) is 11.6 Å². The summed E-state index contributed by atoms with van der Waals surface area (Å²) in [6.45, 7) is 5.00. The molecule has 0 aliphatic rings. The Morgan fingerprint density at radius 2 is 2.12 bits per heavy atom. The highest BCUT2D eigenvalue weighted by atomic mass is 79.9. The molecule has 0 aliphatic carbocycles. The summed E-state index contributed by atoms with van der Waals surface area (Å²) >= 11 is 9.32. The van der Waals surface area contributed by atoms with Gasteiger partial charge in [-0.3, -0.25) is 4.79 Å². The fourth-order valence-corrected chi connectivity index (χ4v) is 1.79. The second-order valence-corrected chi connectivity index (χ2v) is 5.53. The number of hydrogen-bond donors (Lipinski definition) is 1. The normalized spacial score (nSPS) is 10.8. The van der Waals surface area contributed by atoms with Crippen molar-refractivity contribution in [2.24, 2.45) is 5.41 Å². The first-order valence-corrected chi connectivity index (χ1v) is 6.13. The zero-order valence-corrected chi connectivity index (χ0v) is 12.1. The Morgan fingerprint density at radius 3 is 2.65 bits per heavy atom. The number of halogens is 2. The maximum absolute atomic E-state index is 11.8. The Balaban J connectivity index is 3.02. The maximum Gasteiger partial charge on any atom is 0.244 e. The van der Waals surface area contributed by atoms with Gasteiger partial charge in [0.2, 0.25) is 5.91 Å². The quantitative estimate of drug-likeness (QED) is 0.900. The van der Waals surface area contributed by atoms with E-state index in [1.165, 1.54) is 0 Å². The van der Waals surface area contributed by atoms with Gasteiger partial charge < -0.3 is 5.32 Å². The molecule has 0 heterocycles. The molecule has 3 nitrogen and oxygen atoms in total. The van der Waals surface area contributed by atoms with Crippen molar-refractivity contribution < 1.29 is 4.79 Å². The van der Waals surface area contributed by atoms with Gasteiger partial charge >= 0.3 is 0 Å². The second kappa shape index (κ2) is 5.07. The van der Waals surface area contributed by atoms with Gasteiger partial charge in [-0.2, -0.15) is 5.26 Å². The first kappa shape index (κ1) is 14.0. The van der Waals surface area contributed by atoms with Gasteiger partial charge in [-0.25, -0.2) is 0 Å². The SMILES string of the molecule is Cc1cc(Br)c(NC(=O)C(C)(C)C#N)cc1Cl. The molecule has 1 N–H and O–H groups in total. The number of rotatable bonds is 2. The lowest BCUT2D eigenvalue weighted by Gasteiger charge is -2.16. The van der Waals surface area contributed by atoms with Crippen LogP contribution in [0.25, 0.3) is 0 Å². The molecule has 0 saturated carbocycles. The molecule has 0 atom stereocenters. The van der Waals surface area contributed by atoms with Crippen molar-refractivity contribution in [2.45, 2.75) is 20.8 Å². The Kier molecular flexibility index (Phi) is 4.18. The molecule has 17 heavy (non-hydrogen) atoms. The van der Waals surface area contributed by atoms with E-state index in [2.05, 4.69) is 21.2 Å². The van der Waals surface area contributed by atoms with Crippen molar-refractivity contribution in [1.82, 2.24) is 0 Å². The Labute approximate surface area is 114 Å². The molecule has 1 amide bonds. The molecule has 0 bridgehead atoms. The third-order valence-corrected chi connectivity index (χ3v) is 3.41. The van der Waals surface area contributed by atoms with Gasteiger partial charge in [0.05, 0.1) is 11.8 Å². The number of aryl methyl sites for hydroxylation is 1. The standard InChI is InChI=1S/C12H12BrClN2O/c1-7-4-8(13)10(5-9(7)14)16-11(17)12(2,3)6-15/h4-5H,1-3H3,(H,16,17).